The van der Waals surface area contributed by atoms with Gasteiger partial charge in [-0.25, -0.2) is 9.78 Å². The van der Waals surface area contributed by atoms with Crippen molar-refractivity contribution in [3.05, 3.63) is 59.2 Å². The van der Waals surface area contributed by atoms with Gasteiger partial charge >= 0.3 is 6.03 Å². The van der Waals surface area contributed by atoms with Crippen molar-refractivity contribution in [3.63, 3.8) is 0 Å². The molecule has 0 aliphatic carbocycles. The standard InChI is InChI=1S/C25H27N5O2/c1-17-12-18(2)22-14-19(16-26)24(28-23(22)13-17)29-8-5-9-30(11-10-29)25(31)27-20-6-4-7-21(15-20)32-3/h4,6-7,12-15H,5,8-11H2,1-3H3,(H,27,31). The lowest BCUT2D eigenvalue weighted by molar-refractivity contribution is 0.215. The van der Waals surface area contributed by atoms with E-state index >= 15 is 0 Å². The molecule has 0 unspecified atom stereocenters. The summed E-state index contributed by atoms with van der Waals surface area (Å²) in [6.45, 7) is 6.64. The molecule has 7 nitrogen and oxygen atoms in total. The average Bonchev–Trinajstić information content (AvgIpc) is 3.04. The van der Waals surface area contributed by atoms with Crippen LogP contribution >= 0.6 is 0 Å². The monoisotopic (exact) mass is 429 g/mol. The molecule has 2 heterocycles. The number of urea groups is 1. The SMILES string of the molecule is COc1cccc(NC(=O)N2CCCN(c3nc4cc(C)cc(C)c4cc3C#N)CC2)c1. The average molecular weight is 430 g/mol. The topological polar surface area (TPSA) is 81.5 Å². The fourth-order valence-corrected chi connectivity index (χ4v) is 4.18. The van der Waals surface area contributed by atoms with Crippen LogP contribution < -0.4 is 15.0 Å². The van der Waals surface area contributed by atoms with E-state index in [1.165, 1.54) is 0 Å². The van der Waals surface area contributed by atoms with Crippen molar-refractivity contribution >= 4 is 28.4 Å². The Kier molecular flexibility index (Phi) is 6.13. The highest BCUT2D eigenvalue weighted by atomic mass is 16.5. The van der Waals surface area contributed by atoms with E-state index in [-0.39, 0.29) is 6.03 Å². The summed E-state index contributed by atoms with van der Waals surface area (Å²) in [5.74, 6) is 1.39. The number of aromatic nitrogens is 1. The maximum Gasteiger partial charge on any atom is 0.321 e. The van der Waals surface area contributed by atoms with Gasteiger partial charge in [-0.3, -0.25) is 0 Å². The Morgan fingerprint density at radius 1 is 1.12 bits per heavy atom. The van der Waals surface area contributed by atoms with Crippen LogP contribution in [0.4, 0.5) is 16.3 Å². The van der Waals surface area contributed by atoms with Gasteiger partial charge in [0.15, 0.2) is 0 Å². The lowest BCUT2D eigenvalue weighted by Gasteiger charge is -2.24. The fourth-order valence-electron chi connectivity index (χ4n) is 4.18. The molecule has 1 aromatic heterocycles. The summed E-state index contributed by atoms with van der Waals surface area (Å²) in [6, 6.07) is 15.6. The number of hydrogen-bond acceptors (Lipinski definition) is 5. The van der Waals surface area contributed by atoms with Gasteiger partial charge in [-0.2, -0.15) is 5.26 Å². The smallest absolute Gasteiger partial charge is 0.321 e. The summed E-state index contributed by atoms with van der Waals surface area (Å²) < 4.78 is 5.23. The molecule has 3 aromatic rings. The predicted molar refractivity (Wildman–Crippen MR) is 126 cm³/mol. The number of nitriles is 1. The van der Waals surface area contributed by atoms with E-state index in [1.54, 1.807) is 18.1 Å². The molecular formula is C25H27N5O2. The number of anilines is 2. The number of carbonyl (C=O) groups excluding carboxylic acids is 1. The molecule has 0 spiro atoms. The zero-order valence-corrected chi connectivity index (χ0v) is 18.7. The van der Waals surface area contributed by atoms with E-state index < -0.39 is 0 Å². The number of amides is 2. The highest BCUT2D eigenvalue weighted by Gasteiger charge is 2.22. The van der Waals surface area contributed by atoms with Gasteiger partial charge in [0.2, 0.25) is 0 Å². The van der Waals surface area contributed by atoms with Crippen LogP contribution in [0.3, 0.4) is 0 Å². The van der Waals surface area contributed by atoms with Crippen LogP contribution in [0.25, 0.3) is 10.9 Å². The molecule has 1 fully saturated rings. The number of rotatable bonds is 3. The first-order valence-electron chi connectivity index (χ1n) is 10.8. The fraction of sp³-hybridized carbons (Fsp3) is 0.320. The van der Waals surface area contributed by atoms with Crippen LogP contribution in [0.1, 0.15) is 23.1 Å². The molecule has 4 rings (SSSR count). The van der Waals surface area contributed by atoms with Crippen molar-refractivity contribution in [2.75, 3.05) is 43.5 Å². The molecule has 2 aromatic carbocycles. The zero-order chi connectivity index (χ0) is 22.7. The number of benzene rings is 2. The molecule has 164 valence electrons. The third kappa shape index (κ3) is 4.45. The molecule has 1 saturated heterocycles. The normalized spacial score (nSPS) is 14.1. The number of methoxy groups -OCH3 is 1. The number of ether oxygens (including phenoxy) is 1. The first-order valence-corrected chi connectivity index (χ1v) is 10.8. The minimum Gasteiger partial charge on any atom is -0.497 e. The van der Waals surface area contributed by atoms with Crippen LogP contribution in [0.5, 0.6) is 5.75 Å². The van der Waals surface area contributed by atoms with Crippen molar-refractivity contribution in [2.24, 2.45) is 0 Å². The summed E-state index contributed by atoms with van der Waals surface area (Å²) in [7, 11) is 1.60. The second-order valence-corrected chi connectivity index (χ2v) is 8.11. The van der Waals surface area contributed by atoms with Gasteiger partial charge in [0.05, 0.1) is 18.2 Å². The minimum atomic E-state index is -0.140. The molecule has 0 bridgehead atoms. The van der Waals surface area contributed by atoms with Crippen molar-refractivity contribution in [1.82, 2.24) is 9.88 Å². The van der Waals surface area contributed by atoms with Gasteiger partial charge in [0, 0.05) is 43.3 Å². The molecular weight excluding hydrogens is 402 g/mol. The Labute approximate surface area is 188 Å². The largest absolute Gasteiger partial charge is 0.497 e. The Morgan fingerprint density at radius 2 is 1.97 bits per heavy atom. The summed E-state index contributed by atoms with van der Waals surface area (Å²) in [5.41, 5.74) is 4.43. The molecule has 1 N–H and O–H groups in total. The molecule has 1 aliphatic rings. The number of fused-ring (bicyclic) bond motifs is 1. The van der Waals surface area contributed by atoms with Crippen molar-refractivity contribution in [1.29, 1.82) is 5.26 Å². The first-order chi connectivity index (χ1) is 15.5. The Morgan fingerprint density at radius 3 is 2.75 bits per heavy atom. The number of hydrogen-bond donors (Lipinski definition) is 1. The van der Waals surface area contributed by atoms with Gasteiger partial charge in [0.25, 0.3) is 0 Å². The summed E-state index contributed by atoms with van der Waals surface area (Å²) >= 11 is 0. The number of aryl methyl sites for hydroxylation is 2. The summed E-state index contributed by atoms with van der Waals surface area (Å²) in [6.07, 6.45) is 0.795. The van der Waals surface area contributed by atoms with E-state index in [2.05, 4.69) is 35.3 Å². The maximum atomic E-state index is 12.8. The number of nitrogens with one attached hydrogen (secondary N) is 1. The molecule has 0 saturated carbocycles. The van der Waals surface area contributed by atoms with Crippen molar-refractivity contribution in [3.8, 4) is 11.8 Å². The quantitative estimate of drug-likeness (QED) is 0.664. The van der Waals surface area contributed by atoms with E-state index in [0.29, 0.717) is 42.5 Å². The molecule has 1 aliphatic heterocycles. The van der Waals surface area contributed by atoms with Crippen LogP contribution in [0.2, 0.25) is 0 Å². The minimum absolute atomic E-state index is 0.140. The van der Waals surface area contributed by atoms with Crippen LogP contribution in [-0.4, -0.2) is 49.2 Å². The number of carbonyl (C=O) groups is 1. The second kappa shape index (κ2) is 9.15. The highest BCUT2D eigenvalue weighted by molar-refractivity contribution is 5.90. The van der Waals surface area contributed by atoms with Gasteiger partial charge in [-0.05, 0) is 55.7 Å². The second-order valence-electron chi connectivity index (χ2n) is 8.11. The number of pyridine rings is 1. The third-order valence-corrected chi connectivity index (χ3v) is 5.79. The maximum absolute atomic E-state index is 12.8. The lowest BCUT2D eigenvalue weighted by atomic mass is 10.0. The van der Waals surface area contributed by atoms with Crippen LogP contribution in [-0.2, 0) is 0 Å². The van der Waals surface area contributed by atoms with Crippen LogP contribution in [0, 0.1) is 25.2 Å². The highest BCUT2D eigenvalue weighted by Crippen LogP contribution is 2.27. The molecule has 0 atom stereocenters. The molecule has 7 heteroatoms. The zero-order valence-electron chi connectivity index (χ0n) is 18.7. The predicted octanol–water partition coefficient (Wildman–Crippen LogP) is 4.48. The molecule has 0 radical (unpaired) electrons. The van der Waals surface area contributed by atoms with E-state index in [4.69, 9.17) is 9.72 Å². The Bertz CT molecular complexity index is 1200. The Hall–Kier alpha value is -3.79. The van der Waals surface area contributed by atoms with Crippen LogP contribution in [0.15, 0.2) is 42.5 Å². The van der Waals surface area contributed by atoms with E-state index in [0.717, 1.165) is 35.0 Å². The molecule has 32 heavy (non-hydrogen) atoms. The van der Waals surface area contributed by atoms with Gasteiger partial charge < -0.3 is 19.9 Å². The third-order valence-electron chi connectivity index (χ3n) is 5.79. The van der Waals surface area contributed by atoms with Crippen molar-refractivity contribution in [2.45, 2.75) is 20.3 Å². The summed E-state index contributed by atoms with van der Waals surface area (Å²) in [4.78, 5) is 21.6. The first kappa shape index (κ1) is 21.4. The lowest BCUT2D eigenvalue weighted by Crippen LogP contribution is -2.38. The van der Waals surface area contributed by atoms with Gasteiger partial charge in [0.1, 0.15) is 17.6 Å². The summed E-state index contributed by atoms with van der Waals surface area (Å²) in [5, 5.41) is 13.7. The van der Waals surface area contributed by atoms with E-state index in [1.807, 2.05) is 31.2 Å². The van der Waals surface area contributed by atoms with E-state index in [9.17, 15) is 10.1 Å². The number of nitrogens with zero attached hydrogens (tertiary/aromatic N) is 4. The van der Waals surface area contributed by atoms with Gasteiger partial charge in [-0.15, -0.1) is 0 Å². The molecule has 2 amide bonds. The Balaban J connectivity index is 1.52. The van der Waals surface area contributed by atoms with Crippen molar-refractivity contribution < 1.29 is 9.53 Å². The van der Waals surface area contributed by atoms with Gasteiger partial charge in [-0.1, -0.05) is 12.1 Å².